The van der Waals surface area contributed by atoms with Gasteiger partial charge >= 0.3 is 5.97 Å². The van der Waals surface area contributed by atoms with Crippen molar-refractivity contribution in [3.63, 3.8) is 0 Å². The Morgan fingerprint density at radius 3 is 2.59 bits per heavy atom. The molecule has 0 radical (unpaired) electrons. The van der Waals surface area contributed by atoms with Crippen molar-refractivity contribution in [1.29, 1.82) is 0 Å². The number of hydrogen-bond donors (Lipinski definition) is 1. The van der Waals surface area contributed by atoms with Crippen LogP contribution in [0.1, 0.15) is 6.92 Å². The molecule has 1 N–H and O–H groups in total. The summed E-state index contributed by atoms with van der Waals surface area (Å²) in [6.45, 7) is 1.86. The lowest BCUT2D eigenvalue weighted by Gasteiger charge is -2.05. The molecule has 3 aromatic rings. The molecule has 3 nitrogen and oxygen atoms in total. The zero-order valence-electron chi connectivity index (χ0n) is 12.3. The van der Waals surface area contributed by atoms with E-state index in [9.17, 15) is 4.79 Å². The van der Waals surface area contributed by atoms with Crippen molar-refractivity contribution < 1.29 is 9.53 Å². The van der Waals surface area contributed by atoms with Crippen molar-refractivity contribution in [2.45, 2.75) is 11.8 Å². The smallest absolute Gasteiger partial charge is 0.302 e. The first-order chi connectivity index (χ1) is 10.8. The number of carbonyl (C=O) groups is 1. The van der Waals surface area contributed by atoms with Gasteiger partial charge in [-0.3, -0.25) is 4.79 Å². The fourth-order valence-corrected chi connectivity index (χ4v) is 3.42. The molecule has 0 aliphatic carbocycles. The fraction of sp³-hybridized carbons (Fsp3) is 0.167. The SMILES string of the molecule is CC(=O)OCCSc1c(-c2ccccc2)[nH]c2ccccc12. The zero-order chi connectivity index (χ0) is 15.4. The van der Waals surface area contributed by atoms with E-state index in [1.165, 1.54) is 17.2 Å². The number of esters is 1. The molecule has 2 aromatic carbocycles. The third kappa shape index (κ3) is 3.17. The first kappa shape index (κ1) is 14.7. The highest BCUT2D eigenvalue weighted by atomic mass is 32.2. The normalized spacial score (nSPS) is 10.8. The molecule has 0 unspecified atom stereocenters. The van der Waals surface area contributed by atoms with Crippen LogP contribution in [0.5, 0.6) is 0 Å². The Balaban J connectivity index is 1.93. The van der Waals surface area contributed by atoms with Crippen LogP contribution in [0.15, 0.2) is 59.5 Å². The predicted octanol–water partition coefficient (Wildman–Crippen LogP) is 4.49. The summed E-state index contributed by atoms with van der Waals surface area (Å²) in [5.41, 5.74) is 3.40. The van der Waals surface area contributed by atoms with Gasteiger partial charge in [-0.25, -0.2) is 0 Å². The highest BCUT2D eigenvalue weighted by molar-refractivity contribution is 7.99. The van der Waals surface area contributed by atoms with Crippen LogP contribution in [0.2, 0.25) is 0 Å². The van der Waals surface area contributed by atoms with Gasteiger partial charge in [0.2, 0.25) is 0 Å². The number of hydrogen-bond acceptors (Lipinski definition) is 3. The van der Waals surface area contributed by atoms with E-state index in [-0.39, 0.29) is 5.97 Å². The summed E-state index contributed by atoms with van der Waals surface area (Å²) >= 11 is 1.71. The number of para-hydroxylation sites is 1. The average molecular weight is 311 g/mol. The summed E-state index contributed by atoms with van der Waals surface area (Å²) in [6, 6.07) is 18.6. The average Bonchev–Trinajstić information content (AvgIpc) is 2.91. The molecule has 0 fully saturated rings. The highest BCUT2D eigenvalue weighted by Gasteiger charge is 2.13. The fourth-order valence-electron chi connectivity index (χ4n) is 2.40. The Bertz CT molecular complexity index is 780. The molecular weight excluding hydrogens is 294 g/mol. The number of nitrogens with one attached hydrogen (secondary N) is 1. The van der Waals surface area contributed by atoms with E-state index in [4.69, 9.17) is 4.74 Å². The van der Waals surface area contributed by atoms with Crippen molar-refractivity contribution in [3.8, 4) is 11.3 Å². The van der Waals surface area contributed by atoms with Crippen LogP contribution in [-0.4, -0.2) is 23.3 Å². The van der Waals surface area contributed by atoms with E-state index in [2.05, 4.69) is 29.2 Å². The van der Waals surface area contributed by atoms with Crippen LogP contribution in [-0.2, 0) is 9.53 Å². The van der Waals surface area contributed by atoms with Crippen LogP contribution in [0.25, 0.3) is 22.2 Å². The minimum atomic E-state index is -0.234. The second-order valence-corrected chi connectivity index (χ2v) is 6.03. The quantitative estimate of drug-likeness (QED) is 0.429. The maximum atomic E-state index is 10.9. The summed E-state index contributed by atoms with van der Waals surface area (Å²) in [6.07, 6.45) is 0. The van der Waals surface area contributed by atoms with Gasteiger partial charge in [0.1, 0.15) is 6.61 Å². The van der Waals surface area contributed by atoms with Gasteiger partial charge in [-0.2, -0.15) is 0 Å². The second-order valence-electron chi connectivity index (χ2n) is 4.93. The lowest BCUT2D eigenvalue weighted by molar-refractivity contribution is -0.140. The van der Waals surface area contributed by atoms with Crippen molar-refractivity contribution in [2.24, 2.45) is 0 Å². The summed E-state index contributed by atoms with van der Waals surface area (Å²) in [7, 11) is 0. The summed E-state index contributed by atoms with van der Waals surface area (Å²) in [5, 5.41) is 1.20. The number of carbonyl (C=O) groups excluding carboxylic acids is 1. The minimum absolute atomic E-state index is 0.234. The Morgan fingerprint density at radius 1 is 1.09 bits per heavy atom. The van der Waals surface area contributed by atoms with E-state index < -0.39 is 0 Å². The monoisotopic (exact) mass is 311 g/mol. The van der Waals surface area contributed by atoms with E-state index in [1.807, 2.05) is 30.3 Å². The van der Waals surface area contributed by atoms with E-state index in [0.29, 0.717) is 6.61 Å². The van der Waals surface area contributed by atoms with Crippen molar-refractivity contribution in [2.75, 3.05) is 12.4 Å². The maximum Gasteiger partial charge on any atom is 0.302 e. The maximum absolute atomic E-state index is 10.9. The molecule has 0 saturated heterocycles. The molecule has 0 bridgehead atoms. The number of aromatic amines is 1. The molecule has 0 aliphatic rings. The Morgan fingerprint density at radius 2 is 1.82 bits per heavy atom. The van der Waals surface area contributed by atoms with Crippen LogP contribution in [0.4, 0.5) is 0 Å². The Labute approximate surface area is 133 Å². The van der Waals surface area contributed by atoms with Gasteiger partial charge in [-0.05, 0) is 11.6 Å². The van der Waals surface area contributed by atoms with Crippen LogP contribution in [0, 0.1) is 0 Å². The standard InChI is InChI=1S/C18H17NO2S/c1-13(20)21-11-12-22-18-15-9-5-6-10-16(15)19-17(18)14-7-3-2-4-8-14/h2-10,19H,11-12H2,1H3. The third-order valence-corrected chi connectivity index (χ3v) is 4.44. The predicted molar refractivity (Wildman–Crippen MR) is 91.1 cm³/mol. The molecule has 0 saturated carbocycles. The topological polar surface area (TPSA) is 42.1 Å². The number of H-pyrrole nitrogens is 1. The Hall–Kier alpha value is -2.20. The third-order valence-electron chi connectivity index (χ3n) is 3.36. The number of ether oxygens (including phenoxy) is 1. The van der Waals surface area contributed by atoms with Crippen molar-refractivity contribution >= 4 is 28.6 Å². The van der Waals surface area contributed by atoms with E-state index >= 15 is 0 Å². The number of rotatable bonds is 5. The van der Waals surface area contributed by atoms with Crippen LogP contribution in [0.3, 0.4) is 0 Å². The minimum Gasteiger partial charge on any atom is -0.465 e. The van der Waals surface area contributed by atoms with Crippen molar-refractivity contribution in [1.82, 2.24) is 4.98 Å². The largest absolute Gasteiger partial charge is 0.465 e. The lowest BCUT2D eigenvalue weighted by Crippen LogP contribution is -2.02. The molecule has 0 atom stereocenters. The molecule has 0 amide bonds. The van der Waals surface area contributed by atoms with Crippen LogP contribution < -0.4 is 0 Å². The van der Waals surface area contributed by atoms with Gasteiger partial charge in [0.15, 0.2) is 0 Å². The van der Waals surface area contributed by atoms with Crippen molar-refractivity contribution in [3.05, 3.63) is 54.6 Å². The van der Waals surface area contributed by atoms with Gasteiger partial charge in [0.05, 0.1) is 5.69 Å². The van der Waals surface area contributed by atoms with Gasteiger partial charge < -0.3 is 9.72 Å². The molecule has 22 heavy (non-hydrogen) atoms. The van der Waals surface area contributed by atoms with E-state index in [0.717, 1.165) is 22.5 Å². The summed E-state index contributed by atoms with van der Waals surface area (Å²) in [4.78, 5) is 15.6. The molecule has 1 aromatic heterocycles. The number of benzene rings is 2. The summed E-state index contributed by atoms with van der Waals surface area (Å²) < 4.78 is 5.03. The molecule has 0 aliphatic heterocycles. The molecule has 4 heteroatoms. The number of fused-ring (bicyclic) bond motifs is 1. The number of thioether (sulfide) groups is 1. The lowest BCUT2D eigenvalue weighted by atomic mass is 10.1. The second kappa shape index (κ2) is 6.71. The molecule has 3 rings (SSSR count). The molecule has 0 spiro atoms. The van der Waals surface area contributed by atoms with Gasteiger partial charge in [-0.15, -0.1) is 11.8 Å². The summed E-state index contributed by atoms with van der Waals surface area (Å²) in [5.74, 6) is 0.504. The zero-order valence-corrected chi connectivity index (χ0v) is 13.2. The molecule has 1 heterocycles. The van der Waals surface area contributed by atoms with Gasteiger partial charge in [0, 0.05) is 28.5 Å². The molecular formula is C18H17NO2S. The van der Waals surface area contributed by atoms with E-state index in [1.54, 1.807) is 11.8 Å². The molecule has 112 valence electrons. The van der Waals surface area contributed by atoms with Crippen LogP contribution >= 0.6 is 11.8 Å². The first-order valence-electron chi connectivity index (χ1n) is 7.18. The Kier molecular flexibility index (Phi) is 4.49. The van der Waals surface area contributed by atoms with Gasteiger partial charge in [-0.1, -0.05) is 48.5 Å². The number of aromatic nitrogens is 1. The highest BCUT2D eigenvalue weighted by Crippen LogP contribution is 2.37. The van der Waals surface area contributed by atoms with Gasteiger partial charge in [0.25, 0.3) is 0 Å². The first-order valence-corrected chi connectivity index (χ1v) is 8.16.